The average Bonchev–Trinajstić information content (AvgIpc) is 3.41. The van der Waals surface area contributed by atoms with Crippen molar-refractivity contribution in [3.63, 3.8) is 0 Å². The van der Waals surface area contributed by atoms with Gasteiger partial charge in [0.05, 0.1) is 11.1 Å². The second-order valence-corrected chi connectivity index (χ2v) is 7.97. The van der Waals surface area contributed by atoms with Crippen molar-refractivity contribution in [3.05, 3.63) is 57.4 Å². The number of halogens is 1. The van der Waals surface area contributed by atoms with Crippen molar-refractivity contribution in [2.24, 2.45) is 0 Å². The first kappa shape index (κ1) is 18.1. The summed E-state index contributed by atoms with van der Waals surface area (Å²) in [7, 11) is 0. The van der Waals surface area contributed by atoms with Gasteiger partial charge in [-0.2, -0.15) is 0 Å². The number of thiophene rings is 1. The van der Waals surface area contributed by atoms with Crippen LogP contribution in [-0.2, 0) is 9.53 Å². The van der Waals surface area contributed by atoms with Gasteiger partial charge in [-0.25, -0.2) is 4.79 Å². The fraction of sp³-hybridized carbons (Fsp3) is 0.300. The van der Waals surface area contributed by atoms with Gasteiger partial charge < -0.3 is 14.6 Å². The third kappa shape index (κ3) is 3.35. The lowest BCUT2D eigenvalue weighted by Gasteiger charge is -2.26. The van der Waals surface area contributed by atoms with Gasteiger partial charge in [0.25, 0.3) is 5.91 Å². The minimum absolute atomic E-state index is 0.0651. The monoisotopic (exact) mass is 402 g/mol. The molecule has 4 rings (SSSR count). The molecule has 1 aliphatic rings. The standard InChI is InChI=1S/C20H19ClN2O3S/c1-12(19(24)23-10-4-8-15(23)16-9-5-11-27-16)26-20(25)18-17(21)13-6-2-3-7-14(13)22-18/h2-3,5-7,9,11-12,15,22H,4,8,10H2,1H3/t12-,15-/m0/s1. The Morgan fingerprint density at radius 1 is 1.30 bits per heavy atom. The minimum Gasteiger partial charge on any atom is -0.448 e. The molecule has 0 radical (unpaired) electrons. The molecule has 140 valence electrons. The number of aromatic nitrogens is 1. The maximum absolute atomic E-state index is 12.9. The van der Waals surface area contributed by atoms with Crippen LogP contribution >= 0.6 is 22.9 Å². The van der Waals surface area contributed by atoms with Gasteiger partial charge in [0.2, 0.25) is 0 Å². The highest BCUT2D eigenvalue weighted by Crippen LogP contribution is 2.35. The van der Waals surface area contributed by atoms with Crippen molar-refractivity contribution in [2.45, 2.75) is 31.9 Å². The van der Waals surface area contributed by atoms with Crippen LogP contribution in [0.1, 0.15) is 41.2 Å². The van der Waals surface area contributed by atoms with Gasteiger partial charge in [-0.15, -0.1) is 11.3 Å². The second-order valence-electron chi connectivity index (χ2n) is 6.61. The number of rotatable bonds is 4. The summed E-state index contributed by atoms with van der Waals surface area (Å²) in [5, 5.41) is 3.08. The number of fused-ring (bicyclic) bond motifs is 1. The zero-order valence-corrected chi connectivity index (χ0v) is 16.3. The third-order valence-corrected chi connectivity index (χ3v) is 6.25. The van der Waals surface area contributed by atoms with E-state index < -0.39 is 12.1 Å². The van der Waals surface area contributed by atoms with Crippen LogP contribution in [0, 0.1) is 0 Å². The van der Waals surface area contributed by atoms with E-state index in [-0.39, 0.29) is 17.6 Å². The zero-order valence-electron chi connectivity index (χ0n) is 14.8. The number of hydrogen-bond acceptors (Lipinski definition) is 4. The Kier molecular flexibility index (Phi) is 4.93. The Bertz CT molecular complexity index is 982. The summed E-state index contributed by atoms with van der Waals surface area (Å²) in [6, 6.07) is 11.5. The van der Waals surface area contributed by atoms with Crippen molar-refractivity contribution >= 4 is 45.7 Å². The van der Waals surface area contributed by atoms with Crippen molar-refractivity contribution in [1.29, 1.82) is 0 Å². The molecule has 1 N–H and O–H groups in total. The lowest BCUT2D eigenvalue weighted by Crippen LogP contribution is -2.39. The zero-order chi connectivity index (χ0) is 19.0. The van der Waals surface area contributed by atoms with Crippen LogP contribution in [0.2, 0.25) is 5.02 Å². The van der Waals surface area contributed by atoms with Gasteiger partial charge in [-0.3, -0.25) is 4.79 Å². The Morgan fingerprint density at radius 2 is 2.11 bits per heavy atom. The van der Waals surface area contributed by atoms with E-state index in [4.69, 9.17) is 16.3 Å². The van der Waals surface area contributed by atoms with Gasteiger partial charge in [-0.05, 0) is 37.3 Å². The molecule has 1 saturated heterocycles. The molecule has 27 heavy (non-hydrogen) atoms. The summed E-state index contributed by atoms with van der Waals surface area (Å²) < 4.78 is 5.44. The van der Waals surface area contributed by atoms with Crippen LogP contribution in [0.5, 0.6) is 0 Å². The molecule has 0 aliphatic carbocycles. The van der Waals surface area contributed by atoms with E-state index in [0.717, 1.165) is 28.6 Å². The third-order valence-electron chi connectivity index (χ3n) is 4.89. The Balaban J connectivity index is 1.49. The molecule has 1 aromatic carbocycles. The van der Waals surface area contributed by atoms with Crippen molar-refractivity contribution in [1.82, 2.24) is 9.88 Å². The fourth-order valence-electron chi connectivity index (χ4n) is 3.56. The summed E-state index contributed by atoms with van der Waals surface area (Å²) in [6.45, 7) is 2.29. The van der Waals surface area contributed by atoms with Crippen LogP contribution in [0.4, 0.5) is 0 Å². The Hall–Kier alpha value is -2.31. The number of hydrogen-bond donors (Lipinski definition) is 1. The maximum Gasteiger partial charge on any atom is 0.357 e. The van der Waals surface area contributed by atoms with Crippen molar-refractivity contribution < 1.29 is 14.3 Å². The number of aromatic amines is 1. The molecular formula is C20H19ClN2O3S. The van der Waals surface area contributed by atoms with Crippen LogP contribution in [0.3, 0.4) is 0 Å². The van der Waals surface area contributed by atoms with Gasteiger partial charge in [-0.1, -0.05) is 35.9 Å². The highest BCUT2D eigenvalue weighted by atomic mass is 35.5. The molecule has 2 atom stereocenters. The maximum atomic E-state index is 12.9. The Morgan fingerprint density at radius 3 is 2.85 bits per heavy atom. The molecule has 1 aliphatic heterocycles. The number of ether oxygens (including phenoxy) is 1. The molecule has 2 aromatic heterocycles. The molecule has 1 fully saturated rings. The quantitative estimate of drug-likeness (QED) is 0.638. The van der Waals surface area contributed by atoms with E-state index >= 15 is 0 Å². The smallest absolute Gasteiger partial charge is 0.357 e. The second kappa shape index (κ2) is 7.37. The summed E-state index contributed by atoms with van der Waals surface area (Å²) in [5.41, 5.74) is 0.930. The number of carbonyl (C=O) groups is 2. The number of para-hydroxylation sites is 1. The SMILES string of the molecule is C[C@H](OC(=O)c1[nH]c2ccccc2c1Cl)C(=O)N1CCC[C@H]1c1cccs1. The fourth-order valence-corrected chi connectivity index (χ4v) is 4.72. The number of likely N-dealkylation sites (tertiary alicyclic amines) is 1. The van der Waals surface area contributed by atoms with Gasteiger partial charge in [0, 0.05) is 22.3 Å². The normalized spacial score (nSPS) is 18.0. The van der Waals surface area contributed by atoms with E-state index in [2.05, 4.69) is 4.98 Å². The lowest BCUT2D eigenvalue weighted by molar-refractivity contribution is -0.140. The van der Waals surface area contributed by atoms with E-state index in [0.29, 0.717) is 11.6 Å². The number of carbonyl (C=O) groups excluding carboxylic acids is 2. The van der Waals surface area contributed by atoms with Gasteiger partial charge >= 0.3 is 5.97 Å². The molecule has 7 heteroatoms. The highest BCUT2D eigenvalue weighted by molar-refractivity contribution is 7.10. The molecular weight excluding hydrogens is 384 g/mol. The number of H-pyrrole nitrogens is 1. The molecule has 0 spiro atoms. The summed E-state index contributed by atoms with van der Waals surface area (Å²) >= 11 is 7.95. The molecule has 5 nitrogen and oxygen atoms in total. The molecule has 0 saturated carbocycles. The summed E-state index contributed by atoms with van der Waals surface area (Å²) in [6.07, 6.45) is 1.00. The molecule has 0 unspecified atom stereocenters. The summed E-state index contributed by atoms with van der Waals surface area (Å²) in [5.74, 6) is -0.796. The van der Waals surface area contributed by atoms with E-state index in [1.807, 2.05) is 46.7 Å². The minimum atomic E-state index is -0.874. The molecule has 3 aromatic rings. The number of esters is 1. The first-order valence-electron chi connectivity index (χ1n) is 8.87. The average molecular weight is 403 g/mol. The molecule has 1 amide bonds. The first-order chi connectivity index (χ1) is 13.1. The van der Waals surface area contributed by atoms with E-state index in [1.165, 1.54) is 0 Å². The number of nitrogens with one attached hydrogen (secondary N) is 1. The number of nitrogens with zero attached hydrogens (tertiary/aromatic N) is 1. The predicted molar refractivity (Wildman–Crippen MR) is 106 cm³/mol. The van der Waals surface area contributed by atoms with Crippen molar-refractivity contribution in [2.75, 3.05) is 6.54 Å². The van der Waals surface area contributed by atoms with Crippen LogP contribution in [-0.4, -0.2) is 34.4 Å². The van der Waals surface area contributed by atoms with Crippen LogP contribution in [0.25, 0.3) is 10.9 Å². The predicted octanol–water partition coefficient (Wildman–Crippen LogP) is 4.79. The topological polar surface area (TPSA) is 62.4 Å². The molecule has 3 heterocycles. The largest absolute Gasteiger partial charge is 0.448 e. The van der Waals surface area contributed by atoms with Crippen LogP contribution < -0.4 is 0 Å². The number of amides is 1. The Labute approximate surface area is 165 Å². The van der Waals surface area contributed by atoms with Gasteiger partial charge in [0.1, 0.15) is 5.69 Å². The van der Waals surface area contributed by atoms with Gasteiger partial charge in [0.15, 0.2) is 6.10 Å². The lowest BCUT2D eigenvalue weighted by atomic mass is 10.2. The van der Waals surface area contributed by atoms with Crippen molar-refractivity contribution in [3.8, 4) is 0 Å². The highest BCUT2D eigenvalue weighted by Gasteiger charge is 2.34. The van der Waals surface area contributed by atoms with Crippen LogP contribution in [0.15, 0.2) is 41.8 Å². The van der Waals surface area contributed by atoms with E-state index in [1.54, 1.807) is 18.3 Å². The molecule has 0 bridgehead atoms. The number of benzene rings is 1. The van der Waals surface area contributed by atoms with E-state index in [9.17, 15) is 9.59 Å². The summed E-state index contributed by atoms with van der Waals surface area (Å²) in [4.78, 5) is 31.4. The first-order valence-corrected chi connectivity index (χ1v) is 10.1.